The zero-order valence-corrected chi connectivity index (χ0v) is 11.0. The number of allylic oxidation sites excluding steroid dienone is 2. The molecule has 1 atom stereocenters. The minimum absolute atomic E-state index is 0.556. The molecule has 0 amide bonds. The summed E-state index contributed by atoms with van der Waals surface area (Å²) < 4.78 is 5.49. The van der Waals surface area contributed by atoms with Gasteiger partial charge in [0, 0.05) is 0 Å². The van der Waals surface area contributed by atoms with E-state index in [2.05, 4.69) is 52.0 Å². The van der Waals surface area contributed by atoms with E-state index in [9.17, 15) is 0 Å². The maximum Gasteiger partial charge on any atom is 0.124 e. The summed E-state index contributed by atoms with van der Waals surface area (Å²) in [6.45, 7) is 8.54. The molecule has 1 rings (SSSR count). The molecule has 0 aliphatic rings. The monoisotopic (exact) mass is 218 g/mol. The highest BCUT2D eigenvalue weighted by atomic mass is 16.5. The first-order valence-electron chi connectivity index (χ1n) is 5.85. The molecular formula is C15H22O. The van der Waals surface area contributed by atoms with Gasteiger partial charge in [-0.25, -0.2) is 0 Å². The first-order chi connectivity index (χ1) is 7.58. The third kappa shape index (κ3) is 3.13. The molecule has 0 spiro atoms. The van der Waals surface area contributed by atoms with E-state index in [1.807, 2.05) is 0 Å². The van der Waals surface area contributed by atoms with Crippen LogP contribution < -0.4 is 4.74 Å². The Kier molecular flexibility index (Phi) is 4.60. The Morgan fingerprint density at radius 1 is 1.31 bits per heavy atom. The SMILES string of the molecule is C/C=C\C(C)Cc1cc(C)cc(C)c1OC. The number of methoxy groups -OCH3 is 1. The van der Waals surface area contributed by atoms with Crippen LogP contribution in [0.2, 0.25) is 0 Å². The summed E-state index contributed by atoms with van der Waals surface area (Å²) in [5, 5.41) is 0. The molecule has 0 heterocycles. The van der Waals surface area contributed by atoms with Crippen molar-refractivity contribution < 1.29 is 4.74 Å². The van der Waals surface area contributed by atoms with Crippen LogP contribution in [0.1, 0.15) is 30.5 Å². The van der Waals surface area contributed by atoms with Crippen molar-refractivity contribution in [2.24, 2.45) is 5.92 Å². The molecule has 0 saturated carbocycles. The summed E-state index contributed by atoms with van der Waals surface area (Å²) in [7, 11) is 1.75. The van der Waals surface area contributed by atoms with E-state index < -0.39 is 0 Å². The highest BCUT2D eigenvalue weighted by molar-refractivity contribution is 5.44. The van der Waals surface area contributed by atoms with Crippen molar-refractivity contribution >= 4 is 0 Å². The zero-order chi connectivity index (χ0) is 12.1. The lowest BCUT2D eigenvalue weighted by atomic mass is 9.96. The number of ether oxygens (including phenoxy) is 1. The molecule has 1 heteroatoms. The Hall–Kier alpha value is -1.24. The third-order valence-corrected chi connectivity index (χ3v) is 2.76. The van der Waals surface area contributed by atoms with Gasteiger partial charge in [-0.1, -0.05) is 36.8 Å². The van der Waals surface area contributed by atoms with Gasteiger partial charge in [-0.15, -0.1) is 0 Å². The van der Waals surface area contributed by atoms with Gasteiger partial charge in [0.05, 0.1) is 7.11 Å². The van der Waals surface area contributed by atoms with Gasteiger partial charge in [0.15, 0.2) is 0 Å². The van der Waals surface area contributed by atoms with Crippen LogP contribution in [-0.2, 0) is 6.42 Å². The highest BCUT2D eigenvalue weighted by Crippen LogP contribution is 2.27. The molecule has 0 fully saturated rings. The van der Waals surface area contributed by atoms with Crippen molar-refractivity contribution in [1.82, 2.24) is 0 Å². The fourth-order valence-electron chi connectivity index (χ4n) is 2.23. The summed E-state index contributed by atoms with van der Waals surface area (Å²) in [4.78, 5) is 0. The minimum Gasteiger partial charge on any atom is -0.496 e. The molecule has 0 aromatic heterocycles. The van der Waals surface area contributed by atoms with Gasteiger partial charge < -0.3 is 4.74 Å². The Morgan fingerprint density at radius 2 is 2.00 bits per heavy atom. The standard InChI is InChI=1S/C15H22O/c1-6-7-11(2)9-14-10-12(3)8-13(4)15(14)16-5/h6-8,10-11H,9H2,1-5H3/b7-6-. The lowest BCUT2D eigenvalue weighted by molar-refractivity contribution is 0.404. The quantitative estimate of drug-likeness (QED) is 0.692. The third-order valence-electron chi connectivity index (χ3n) is 2.76. The molecule has 16 heavy (non-hydrogen) atoms. The minimum atomic E-state index is 0.556. The molecule has 88 valence electrons. The van der Waals surface area contributed by atoms with Gasteiger partial charge in [0.25, 0.3) is 0 Å². The fraction of sp³-hybridized carbons (Fsp3) is 0.467. The Morgan fingerprint density at radius 3 is 2.56 bits per heavy atom. The summed E-state index contributed by atoms with van der Waals surface area (Å²) in [5.74, 6) is 1.60. The van der Waals surface area contributed by atoms with Crippen LogP contribution in [0.4, 0.5) is 0 Å². The van der Waals surface area contributed by atoms with Crippen molar-refractivity contribution in [2.45, 2.75) is 34.1 Å². The average Bonchev–Trinajstić information content (AvgIpc) is 2.17. The van der Waals surface area contributed by atoms with Gasteiger partial charge in [-0.05, 0) is 44.2 Å². The van der Waals surface area contributed by atoms with Gasteiger partial charge >= 0.3 is 0 Å². The summed E-state index contributed by atoms with van der Waals surface area (Å²) in [5.41, 5.74) is 3.84. The lowest BCUT2D eigenvalue weighted by Gasteiger charge is -2.14. The molecule has 1 aromatic carbocycles. The van der Waals surface area contributed by atoms with Gasteiger partial charge in [-0.2, -0.15) is 0 Å². The second-order valence-electron chi connectivity index (χ2n) is 4.48. The van der Waals surface area contributed by atoms with E-state index in [-0.39, 0.29) is 0 Å². The fourth-order valence-corrected chi connectivity index (χ4v) is 2.23. The maximum atomic E-state index is 5.49. The normalized spacial score (nSPS) is 13.1. The van der Waals surface area contributed by atoms with Crippen LogP contribution in [0.25, 0.3) is 0 Å². The van der Waals surface area contributed by atoms with Crippen LogP contribution in [0, 0.1) is 19.8 Å². The molecule has 0 saturated heterocycles. The Labute approximate surface area is 99.1 Å². The highest BCUT2D eigenvalue weighted by Gasteiger charge is 2.09. The molecule has 0 bridgehead atoms. The zero-order valence-electron chi connectivity index (χ0n) is 11.0. The molecule has 0 aliphatic carbocycles. The van der Waals surface area contributed by atoms with Crippen LogP contribution in [-0.4, -0.2) is 7.11 Å². The van der Waals surface area contributed by atoms with Crippen molar-refractivity contribution in [2.75, 3.05) is 7.11 Å². The van der Waals surface area contributed by atoms with Crippen LogP contribution in [0.15, 0.2) is 24.3 Å². The average molecular weight is 218 g/mol. The van der Waals surface area contributed by atoms with E-state index in [1.165, 1.54) is 16.7 Å². The molecule has 0 radical (unpaired) electrons. The first kappa shape index (κ1) is 12.8. The summed E-state index contributed by atoms with van der Waals surface area (Å²) >= 11 is 0. The van der Waals surface area contributed by atoms with Crippen LogP contribution >= 0.6 is 0 Å². The van der Waals surface area contributed by atoms with E-state index in [0.717, 1.165) is 12.2 Å². The van der Waals surface area contributed by atoms with E-state index in [4.69, 9.17) is 4.74 Å². The lowest BCUT2D eigenvalue weighted by Crippen LogP contribution is -2.01. The van der Waals surface area contributed by atoms with Crippen LogP contribution in [0.3, 0.4) is 0 Å². The van der Waals surface area contributed by atoms with Crippen LogP contribution in [0.5, 0.6) is 5.75 Å². The van der Waals surface area contributed by atoms with E-state index in [1.54, 1.807) is 7.11 Å². The number of hydrogen-bond acceptors (Lipinski definition) is 1. The molecule has 0 aliphatic heterocycles. The summed E-state index contributed by atoms with van der Waals surface area (Å²) in [6, 6.07) is 4.40. The second-order valence-corrected chi connectivity index (χ2v) is 4.48. The van der Waals surface area contributed by atoms with E-state index in [0.29, 0.717) is 5.92 Å². The van der Waals surface area contributed by atoms with Crippen molar-refractivity contribution in [3.8, 4) is 5.75 Å². The second kappa shape index (κ2) is 5.74. The Bertz CT molecular complexity index is 377. The van der Waals surface area contributed by atoms with Crippen molar-refractivity contribution in [3.05, 3.63) is 41.0 Å². The molecule has 1 aromatic rings. The van der Waals surface area contributed by atoms with Gasteiger partial charge in [-0.3, -0.25) is 0 Å². The van der Waals surface area contributed by atoms with Gasteiger partial charge in [0.2, 0.25) is 0 Å². The molecular weight excluding hydrogens is 196 g/mol. The number of benzene rings is 1. The van der Waals surface area contributed by atoms with Crippen molar-refractivity contribution in [1.29, 1.82) is 0 Å². The molecule has 0 N–H and O–H groups in total. The molecule has 1 unspecified atom stereocenters. The predicted octanol–water partition coefficient (Wildman–Crippen LogP) is 4.07. The smallest absolute Gasteiger partial charge is 0.124 e. The maximum absolute atomic E-state index is 5.49. The Balaban J connectivity index is 3.02. The number of hydrogen-bond donors (Lipinski definition) is 0. The topological polar surface area (TPSA) is 9.23 Å². The largest absolute Gasteiger partial charge is 0.496 e. The predicted molar refractivity (Wildman–Crippen MR) is 70.2 cm³/mol. The summed E-state index contributed by atoms with van der Waals surface area (Å²) in [6.07, 6.45) is 5.38. The van der Waals surface area contributed by atoms with Crippen molar-refractivity contribution in [3.63, 3.8) is 0 Å². The first-order valence-corrected chi connectivity index (χ1v) is 5.85. The number of aryl methyl sites for hydroxylation is 2. The van der Waals surface area contributed by atoms with Gasteiger partial charge in [0.1, 0.15) is 5.75 Å². The number of rotatable bonds is 4. The van der Waals surface area contributed by atoms with E-state index >= 15 is 0 Å². The molecule has 1 nitrogen and oxygen atoms in total.